The van der Waals surface area contributed by atoms with Crippen molar-refractivity contribution in [1.82, 2.24) is 9.80 Å². The van der Waals surface area contributed by atoms with Crippen LogP contribution in [-0.2, 0) is 0 Å². The van der Waals surface area contributed by atoms with Gasteiger partial charge in [0.05, 0.1) is 0 Å². The lowest BCUT2D eigenvalue weighted by atomic mass is 10.0. The fourth-order valence-electron chi connectivity index (χ4n) is 6.28. The van der Waals surface area contributed by atoms with E-state index in [4.69, 9.17) is 0 Å². The van der Waals surface area contributed by atoms with Crippen molar-refractivity contribution in [2.24, 2.45) is 0 Å². The van der Waals surface area contributed by atoms with Crippen LogP contribution in [0.2, 0.25) is 0 Å². The molecule has 0 spiro atoms. The summed E-state index contributed by atoms with van der Waals surface area (Å²) < 4.78 is 0. The molecule has 0 aromatic carbocycles. The number of hydrogen-bond acceptors (Lipinski definition) is 2. The van der Waals surface area contributed by atoms with Gasteiger partial charge in [-0.25, -0.2) is 0 Å². The first-order valence-electron chi connectivity index (χ1n) is 18.0. The summed E-state index contributed by atoms with van der Waals surface area (Å²) in [6.45, 7) is 9.48. The molecule has 0 bridgehead atoms. The summed E-state index contributed by atoms with van der Waals surface area (Å²) in [7, 11) is 0. The van der Waals surface area contributed by atoms with Gasteiger partial charge >= 0.3 is 0 Å². The normalized spacial score (nSPS) is 15.3. The van der Waals surface area contributed by atoms with Gasteiger partial charge < -0.3 is 9.80 Å². The van der Waals surface area contributed by atoms with E-state index in [9.17, 15) is 0 Å². The van der Waals surface area contributed by atoms with Crippen LogP contribution in [0.15, 0.2) is 12.4 Å². The molecule has 0 saturated heterocycles. The number of rotatable bonds is 30. The van der Waals surface area contributed by atoms with Crippen molar-refractivity contribution in [2.75, 3.05) is 13.1 Å². The van der Waals surface area contributed by atoms with Crippen LogP contribution in [0.25, 0.3) is 0 Å². The first kappa shape index (κ1) is 35.4. The number of hydrogen-bond donors (Lipinski definition) is 0. The smallest absolute Gasteiger partial charge is 0.100 e. The zero-order valence-corrected chi connectivity index (χ0v) is 26.8. The molecule has 2 nitrogen and oxygen atoms in total. The molecule has 1 heterocycles. The SMILES string of the molecule is CCCCCCCCCCCCCCCCCN1C=CN(CCCCCCCCCCCCCC)C1CC. The van der Waals surface area contributed by atoms with Crippen LogP contribution >= 0.6 is 0 Å². The Balaban J connectivity index is 1.89. The van der Waals surface area contributed by atoms with Gasteiger partial charge in [0.2, 0.25) is 0 Å². The van der Waals surface area contributed by atoms with Crippen LogP contribution in [0, 0.1) is 0 Å². The van der Waals surface area contributed by atoms with E-state index < -0.39 is 0 Å². The van der Waals surface area contributed by atoms with E-state index in [1.807, 2.05) is 0 Å². The molecule has 0 amide bonds. The van der Waals surface area contributed by atoms with Gasteiger partial charge in [0, 0.05) is 25.5 Å². The third kappa shape index (κ3) is 20.3. The molecule has 1 unspecified atom stereocenters. The van der Waals surface area contributed by atoms with Crippen molar-refractivity contribution in [3.63, 3.8) is 0 Å². The second kappa shape index (κ2) is 27.9. The topological polar surface area (TPSA) is 6.48 Å². The van der Waals surface area contributed by atoms with Crippen molar-refractivity contribution >= 4 is 0 Å². The Labute approximate surface area is 241 Å². The molecule has 0 radical (unpaired) electrons. The van der Waals surface area contributed by atoms with Crippen molar-refractivity contribution in [3.8, 4) is 0 Å². The predicted molar refractivity (Wildman–Crippen MR) is 173 cm³/mol. The lowest BCUT2D eigenvalue weighted by Gasteiger charge is -2.32. The van der Waals surface area contributed by atoms with Crippen LogP contribution in [-0.4, -0.2) is 29.1 Å². The summed E-state index contributed by atoms with van der Waals surface area (Å²) >= 11 is 0. The summed E-state index contributed by atoms with van der Waals surface area (Å²) in [6.07, 6.45) is 45.6. The highest BCUT2D eigenvalue weighted by atomic mass is 15.4. The minimum Gasteiger partial charge on any atom is -0.356 e. The molecule has 38 heavy (non-hydrogen) atoms. The minimum atomic E-state index is 0.620. The van der Waals surface area contributed by atoms with E-state index in [1.54, 1.807) is 0 Å². The van der Waals surface area contributed by atoms with Gasteiger partial charge in [-0.1, -0.05) is 181 Å². The van der Waals surface area contributed by atoms with Gasteiger partial charge in [-0.2, -0.15) is 0 Å². The van der Waals surface area contributed by atoms with Crippen molar-refractivity contribution in [1.29, 1.82) is 0 Å². The average molecular weight is 533 g/mol. The predicted octanol–water partition coefficient (Wildman–Crippen LogP) is 12.4. The van der Waals surface area contributed by atoms with Crippen LogP contribution in [0.3, 0.4) is 0 Å². The maximum atomic E-state index is 2.63. The van der Waals surface area contributed by atoms with Gasteiger partial charge in [0.15, 0.2) is 0 Å². The standard InChI is InChI=1S/C36H72N2/c1-4-7-9-11-13-15-17-19-20-21-23-25-27-29-31-33-38-35-34-37(36(38)6-3)32-30-28-26-24-22-18-16-14-12-10-8-5-2/h34-36H,4-33H2,1-3H3. The van der Waals surface area contributed by atoms with Crippen LogP contribution in [0.1, 0.15) is 201 Å². The Kier molecular flexibility index (Phi) is 26.0. The van der Waals surface area contributed by atoms with E-state index in [-0.39, 0.29) is 0 Å². The van der Waals surface area contributed by atoms with E-state index in [0.29, 0.717) is 6.17 Å². The minimum absolute atomic E-state index is 0.620. The lowest BCUT2D eigenvalue weighted by Crippen LogP contribution is -2.38. The molecule has 1 aliphatic heterocycles. The molecule has 1 atom stereocenters. The highest BCUT2D eigenvalue weighted by Crippen LogP contribution is 2.21. The van der Waals surface area contributed by atoms with Crippen LogP contribution in [0.5, 0.6) is 0 Å². The summed E-state index contributed by atoms with van der Waals surface area (Å²) in [5, 5.41) is 0. The van der Waals surface area contributed by atoms with Crippen LogP contribution < -0.4 is 0 Å². The van der Waals surface area contributed by atoms with Crippen molar-refractivity contribution in [3.05, 3.63) is 12.4 Å². The molecule has 1 rings (SSSR count). The van der Waals surface area contributed by atoms with E-state index >= 15 is 0 Å². The Bertz CT molecular complexity index is 488. The molecule has 226 valence electrons. The molecular weight excluding hydrogens is 460 g/mol. The second-order valence-corrected chi connectivity index (χ2v) is 12.5. The molecule has 0 aromatic heterocycles. The largest absolute Gasteiger partial charge is 0.356 e. The summed E-state index contributed by atoms with van der Waals surface area (Å²) in [4.78, 5) is 5.25. The highest BCUT2D eigenvalue weighted by molar-refractivity contribution is 4.96. The number of unbranched alkanes of at least 4 members (excludes halogenated alkanes) is 25. The maximum Gasteiger partial charge on any atom is 0.100 e. The van der Waals surface area contributed by atoms with Gasteiger partial charge in [-0.15, -0.1) is 0 Å². The van der Waals surface area contributed by atoms with Gasteiger partial charge in [-0.3, -0.25) is 0 Å². The third-order valence-corrected chi connectivity index (χ3v) is 8.87. The van der Waals surface area contributed by atoms with E-state index in [1.165, 1.54) is 193 Å². The highest BCUT2D eigenvalue weighted by Gasteiger charge is 2.23. The molecule has 1 aliphatic rings. The quantitative estimate of drug-likeness (QED) is 0.0848. The monoisotopic (exact) mass is 533 g/mol. The summed E-state index contributed by atoms with van der Waals surface area (Å²) in [5.74, 6) is 0. The van der Waals surface area contributed by atoms with E-state index in [0.717, 1.165) is 0 Å². The first-order chi connectivity index (χ1) is 18.8. The fourth-order valence-corrected chi connectivity index (χ4v) is 6.28. The van der Waals surface area contributed by atoms with Gasteiger partial charge in [-0.05, 0) is 19.3 Å². The summed E-state index contributed by atoms with van der Waals surface area (Å²) in [6, 6.07) is 0. The molecule has 0 aliphatic carbocycles. The fraction of sp³-hybridized carbons (Fsp3) is 0.944. The zero-order valence-electron chi connectivity index (χ0n) is 26.8. The maximum absolute atomic E-state index is 2.63. The van der Waals surface area contributed by atoms with E-state index in [2.05, 4.69) is 43.0 Å². The molecule has 0 N–H and O–H groups in total. The van der Waals surface area contributed by atoms with Crippen molar-refractivity contribution in [2.45, 2.75) is 207 Å². The second-order valence-electron chi connectivity index (χ2n) is 12.5. The Hall–Kier alpha value is -0.660. The average Bonchev–Trinajstić information content (AvgIpc) is 3.33. The zero-order chi connectivity index (χ0) is 27.4. The molecular formula is C36H72N2. The Morgan fingerprint density at radius 2 is 0.579 bits per heavy atom. The Morgan fingerprint density at radius 1 is 0.342 bits per heavy atom. The van der Waals surface area contributed by atoms with Crippen molar-refractivity contribution < 1.29 is 0 Å². The molecule has 0 saturated carbocycles. The molecule has 0 fully saturated rings. The first-order valence-corrected chi connectivity index (χ1v) is 18.0. The summed E-state index contributed by atoms with van der Waals surface area (Å²) in [5.41, 5.74) is 0. The molecule has 2 heteroatoms. The van der Waals surface area contributed by atoms with Gasteiger partial charge in [0.1, 0.15) is 6.17 Å². The lowest BCUT2D eigenvalue weighted by molar-refractivity contribution is 0.144. The Morgan fingerprint density at radius 3 is 0.816 bits per heavy atom. The van der Waals surface area contributed by atoms with Gasteiger partial charge in [0.25, 0.3) is 0 Å². The third-order valence-electron chi connectivity index (χ3n) is 8.87. The van der Waals surface area contributed by atoms with Crippen LogP contribution in [0.4, 0.5) is 0 Å². The molecule has 0 aromatic rings. The number of nitrogens with zero attached hydrogens (tertiary/aromatic N) is 2.